The molecule has 2 aromatic carbocycles. The van der Waals surface area contributed by atoms with Crippen molar-refractivity contribution >= 4 is 17.4 Å². The molecule has 2 nitrogen and oxygen atoms in total. The first-order chi connectivity index (χ1) is 9.13. The second kappa shape index (κ2) is 5.69. The Morgan fingerprint density at radius 2 is 1.89 bits per heavy atom. The minimum Gasteiger partial charge on any atom is -0.292 e. The van der Waals surface area contributed by atoms with E-state index in [9.17, 15) is 10.1 Å². The molecule has 94 valence electrons. The van der Waals surface area contributed by atoms with Crippen molar-refractivity contribution in [1.29, 1.82) is 5.26 Å². The number of rotatable bonds is 3. The fourth-order valence-corrected chi connectivity index (χ4v) is 2.01. The Labute approximate surface area is 117 Å². The lowest BCUT2D eigenvalue weighted by Gasteiger charge is -2.09. The smallest absolute Gasteiger partial charge is 0.184 e. The average Bonchev–Trinajstić information content (AvgIpc) is 2.44. The number of ketones is 1. The quantitative estimate of drug-likeness (QED) is 0.786. The van der Waals surface area contributed by atoms with Gasteiger partial charge >= 0.3 is 0 Å². The number of carbonyl (C=O) groups excluding carboxylic acids is 1. The summed E-state index contributed by atoms with van der Waals surface area (Å²) in [7, 11) is 0. The predicted molar refractivity (Wildman–Crippen MR) is 75.3 cm³/mol. The van der Waals surface area contributed by atoms with Gasteiger partial charge in [0.1, 0.15) is 5.92 Å². The number of nitrogens with zero attached hydrogens (tertiary/aromatic N) is 1. The van der Waals surface area contributed by atoms with Gasteiger partial charge in [0.15, 0.2) is 5.78 Å². The number of hydrogen-bond donors (Lipinski definition) is 0. The van der Waals surface area contributed by atoms with E-state index in [0.29, 0.717) is 16.1 Å². The molecule has 0 saturated carbocycles. The molecule has 2 rings (SSSR count). The second-order valence-electron chi connectivity index (χ2n) is 4.30. The standard InChI is InChI=1S/C16H12ClNO/c1-11-9-13(7-8-15(11)17)16(19)14(10-18)12-5-3-2-4-6-12/h2-9,14H,1H3. The zero-order valence-corrected chi connectivity index (χ0v) is 11.2. The molecule has 0 aromatic heterocycles. The third-order valence-corrected chi connectivity index (χ3v) is 3.39. The van der Waals surface area contributed by atoms with Crippen molar-refractivity contribution in [1.82, 2.24) is 0 Å². The Balaban J connectivity index is 2.37. The molecule has 0 amide bonds. The minimum atomic E-state index is -0.776. The largest absolute Gasteiger partial charge is 0.292 e. The van der Waals surface area contributed by atoms with Crippen LogP contribution in [0.1, 0.15) is 27.4 Å². The molecular formula is C16H12ClNO. The average molecular weight is 270 g/mol. The summed E-state index contributed by atoms with van der Waals surface area (Å²) >= 11 is 5.94. The SMILES string of the molecule is Cc1cc(C(=O)C(C#N)c2ccccc2)ccc1Cl. The van der Waals surface area contributed by atoms with Crippen LogP contribution in [0.15, 0.2) is 48.5 Å². The highest BCUT2D eigenvalue weighted by molar-refractivity contribution is 6.31. The Kier molecular flexibility index (Phi) is 3.99. The van der Waals surface area contributed by atoms with Crippen molar-refractivity contribution in [2.24, 2.45) is 0 Å². The van der Waals surface area contributed by atoms with E-state index >= 15 is 0 Å². The highest BCUT2D eigenvalue weighted by Crippen LogP contribution is 2.23. The van der Waals surface area contributed by atoms with Crippen LogP contribution in [-0.4, -0.2) is 5.78 Å². The van der Waals surface area contributed by atoms with Gasteiger partial charge < -0.3 is 0 Å². The molecule has 0 heterocycles. The highest BCUT2D eigenvalue weighted by atomic mass is 35.5. The molecule has 0 radical (unpaired) electrons. The summed E-state index contributed by atoms with van der Waals surface area (Å²) in [6.07, 6.45) is 0. The van der Waals surface area contributed by atoms with E-state index in [0.717, 1.165) is 5.56 Å². The van der Waals surface area contributed by atoms with Crippen LogP contribution in [0.2, 0.25) is 5.02 Å². The zero-order chi connectivity index (χ0) is 13.8. The minimum absolute atomic E-state index is 0.200. The molecule has 1 atom stereocenters. The third-order valence-electron chi connectivity index (χ3n) is 2.97. The number of hydrogen-bond acceptors (Lipinski definition) is 2. The Hall–Kier alpha value is -2.11. The van der Waals surface area contributed by atoms with Gasteiger partial charge in [0.25, 0.3) is 0 Å². The Morgan fingerprint density at radius 1 is 1.21 bits per heavy atom. The van der Waals surface area contributed by atoms with E-state index in [1.54, 1.807) is 30.3 Å². The highest BCUT2D eigenvalue weighted by Gasteiger charge is 2.21. The first-order valence-corrected chi connectivity index (χ1v) is 6.26. The van der Waals surface area contributed by atoms with E-state index in [1.807, 2.05) is 25.1 Å². The van der Waals surface area contributed by atoms with Gasteiger partial charge in [0.05, 0.1) is 6.07 Å². The lowest BCUT2D eigenvalue weighted by atomic mass is 9.91. The van der Waals surface area contributed by atoms with Gasteiger partial charge in [-0.25, -0.2) is 0 Å². The first-order valence-electron chi connectivity index (χ1n) is 5.88. The van der Waals surface area contributed by atoms with Crippen LogP contribution in [-0.2, 0) is 0 Å². The van der Waals surface area contributed by atoms with E-state index in [1.165, 1.54) is 0 Å². The van der Waals surface area contributed by atoms with E-state index < -0.39 is 5.92 Å². The summed E-state index contributed by atoms with van der Waals surface area (Å²) in [4.78, 5) is 12.4. The van der Waals surface area contributed by atoms with Crippen LogP contribution in [0.25, 0.3) is 0 Å². The number of aryl methyl sites for hydroxylation is 1. The molecular weight excluding hydrogens is 258 g/mol. The van der Waals surface area contributed by atoms with Crippen LogP contribution in [0.5, 0.6) is 0 Å². The van der Waals surface area contributed by atoms with Crippen molar-refractivity contribution in [3.8, 4) is 6.07 Å². The van der Waals surface area contributed by atoms with Crippen LogP contribution >= 0.6 is 11.6 Å². The predicted octanol–water partition coefficient (Wildman–Crippen LogP) is 4.14. The maximum atomic E-state index is 12.4. The van der Waals surface area contributed by atoms with Crippen molar-refractivity contribution in [2.45, 2.75) is 12.8 Å². The molecule has 3 heteroatoms. The maximum Gasteiger partial charge on any atom is 0.184 e. The normalized spacial score (nSPS) is 11.6. The van der Waals surface area contributed by atoms with Crippen molar-refractivity contribution in [3.63, 3.8) is 0 Å². The topological polar surface area (TPSA) is 40.9 Å². The molecule has 0 saturated heterocycles. The van der Waals surface area contributed by atoms with Gasteiger partial charge in [-0.05, 0) is 36.2 Å². The van der Waals surface area contributed by atoms with E-state index in [4.69, 9.17) is 11.6 Å². The van der Waals surface area contributed by atoms with Gasteiger partial charge in [0.2, 0.25) is 0 Å². The number of carbonyl (C=O) groups is 1. The summed E-state index contributed by atoms with van der Waals surface area (Å²) in [6.45, 7) is 1.84. The van der Waals surface area contributed by atoms with Gasteiger partial charge in [-0.15, -0.1) is 0 Å². The number of halogens is 1. The van der Waals surface area contributed by atoms with Gasteiger partial charge in [-0.3, -0.25) is 4.79 Å². The van der Waals surface area contributed by atoms with Crippen molar-refractivity contribution in [3.05, 3.63) is 70.2 Å². The summed E-state index contributed by atoms with van der Waals surface area (Å²) in [5.41, 5.74) is 2.05. The summed E-state index contributed by atoms with van der Waals surface area (Å²) in [5, 5.41) is 9.85. The van der Waals surface area contributed by atoms with Crippen molar-refractivity contribution < 1.29 is 4.79 Å². The van der Waals surface area contributed by atoms with E-state index in [2.05, 4.69) is 6.07 Å². The fraction of sp³-hybridized carbons (Fsp3) is 0.125. The molecule has 0 N–H and O–H groups in total. The number of nitriles is 1. The lowest BCUT2D eigenvalue weighted by Crippen LogP contribution is -2.11. The second-order valence-corrected chi connectivity index (χ2v) is 4.71. The van der Waals surface area contributed by atoms with Crippen LogP contribution in [0, 0.1) is 18.3 Å². The molecule has 2 aromatic rings. The number of benzene rings is 2. The fourth-order valence-electron chi connectivity index (χ4n) is 1.89. The molecule has 1 unspecified atom stereocenters. The number of Topliss-reactive ketones (excluding diaryl/α,β-unsaturated/α-hetero) is 1. The van der Waals surface area contributed by atoms with Crippen LogP contribution < -0.4 is 0 Å². The molecule has 0 spiro atoms. The monoisotopic (exact) mass is 269 g/mol. The van der Waals surface area contributed by atoms with E-state index in [-0.39, 0.29) is 5.78 Å². The van der Waals surface area contributed by atoms with Gasteiger partial charge in [0, 0.05) is 10.6 Å². The summed E-state index contributed by atoms with van der Waals surface area (Å²) in [5.74, 6) is -0.977. The summed E-state index contributed by atoms with van der Waals surface area (Å²) < 4.78 is 0. The molecule has 0 aliphatic rings. The summed E-state index contributed by atoms with van der Waals surface area (Å²) in [6, 6.07) is 16.2. The molecule has 0 aliphatic carbocycles. The molecule has 0 fully saturated rings. The van der Waals surface area contributed by atoms with Crippen LogP contribution in [0.3, 0.4) is 0 Å². The Bertz CT molecular complexity index is 644. The van der Waals surface area contributed by atoms with Crippen LogP contribution in [0.4, 0.5) is 0 Å². The maximum absolute atomic E-state index is 12.4. The zero-order valence-electron chi connectivity index (χ0n) is 10.4. The first kappa shape index (κ1) is 13.3. The molecule has 0 aliphatic heterocycles. The van der Waals surface area contributed by atoms with Gasteiger partial charge in [-0.1, -0.05) is 41.9 Å². The van der Waals surface area contributed by atoms with Crippen molar-refractivity contribution in [2.75, 3.05) is 0 Å². The lowest BCUT2D eigenvalue weighted by molar-refractivity contribution is 0.0979. The molecule has 19 heavy (non-hydrogen) atoms. The van der Waals surface area contributed by atoms with Gasteiger partial charge in [-0.2, -0.15) is 5.26 Å². The molecule has 0 bridgehead atoms. The third kappa shape index (κ3) is 2.83. The Morgan fingerprint density at radius 3 is 2.47 bits per heavy atom.